The average Bonchev–Trinajstić information content (AvgIpc) is 2.84. The van der Waals surface area contributed by atoms with Gasteiger partial charge in [-0.15, -0.1) is 0 Å². The maximum Gasteiger partial charge on any atom is 0.363 e. The first-order valence-corrected chi connectivity index (χ1v) is 7.33. The highest BCUT2D eigenvalue weighted by Crippen LogP contribution is 2.25. The highest BCUT2D eigenvalue weighted by Gasteiger charge is 2.24. The smallest absolute Gasteiger partial charge is 0.363 e. The maximum atomic E-state index is 11.9. The van der Waals surface area contributed by atoms with Crippen LogP contribution in [0.5, 0.6) is 0 Å². The van der Waals surface area contributed by atoms with Crippen LogP contribution in [0.25, 0.3) is 6.08 Å². The molecule has 0 aliphatic carbocycles. The molecule has 1 aliphatic rings. The summed E-state index contributed by atoms with van der Waals surface area (Å²) in [5, 5.41) is 0.983. The van der Waals surface area contributed by atoms with Crippen LogP contribution in [-0.2, 0) is 9.53 Å². The summed E-state index contributed by atoms with van der Waals surface area (Å²) in [6, 6.07) is 12.6. The van der Waals surface area contributed by atoms with Gasteiger partial charge in [-0.3, -0.25) is 0 Å². The highest BCUT2D eigenvalue weighted by atomic mass is 35.5. The van der Waals surface area contributed by atoms with Crippen molar-refractivity contribution in [3.05, 3.63) is 74.9 Å². The fraction of sp³-hybridized carbons (Fsp3) is 0.0588. The van der Waals surface area contributed by atoms with Crippen LogP contribution in [0.2, 0.25) is 10.0 Å². The van der Waals surface area contributed by atoms with Crippen LogP contribution >= 0.6 is 23.2 Å². The molecular weight excluding hydrogens is 321 g/mol. The number of aliphatic imine (C=N–C) groups is 1. The average molecular weight is 332 g/mol. The Labute approximate surface area is 137 Å². The third-order valence-corrected chi connectivity index (χ3v) is 3.74. The second-order valence-corrected chi connectivity index (χ2v) is 5.71. The van der Waals surface area contributed by atoms with Gasteiger partial charge >= 0.3 is 5.97 Å². The van der Waals surface area contributed by atoms with E-state index in [4.69, 9.17) is 27.9 Å². The molecular formula is C17H11Cl2NO2. The van der Waals surface area contributed by atoms with Gasteiger partial charge in [0, 0.05) is 15.6 Å². The van der Waals surface area contributed by atoms with Gasteiger partial charge in [0.15, 0.2) is 5.70 Å². The molecule has 0 bridgehead atoms. The summed E-state index contributed by atoms with van der Waals surface area (Å²) in [6.07, 6.45) is 1.59. The van der Waals surface area contributed by atoms with E-state index in [9.17, 15) is 4.79 Å². The van der Waals surface area contributed by atoms with Crippen molar-refractivity contribution in [3.8, 4) is 0 Å². The molecule has 0 amide bonds. The Morgan fingerprint density at radius 1 is 1.09 bits per heavy atom. The van der Waals surface area contributed by atoms with E-state index in [1.54, 1.807) is 24.3 Å². The zero-order valence-electron chi connectivity index (χ0n) is 11.6. The summed E-state index contributed by atoms with van der Waals surface area (Å²) < 4.78 is 5.21. The highest BCUT2D eigenvalue weighted by molar-refractivity contribution is 6.35. The molecule has 0 fully saturated rings. The Morgan fingerprint density at radius 3 is 2.50 bits per heavy atom. The Kier molecular flexibility index (Phi) is 4.01. The molecule has 22 heavy (non-hydrogen) atoms. The molecule has 2 aromatic carbocycles. The molecule has 0 saturated carbocycles. The normalized spacial score (nSPS) is 15.9. The predicted octanol–water partition coefficient (Wildman–Crippen LogP) is 4.65. The Balaban J connectivity index is 1.95. The van der Waals surface area contributed by atoms with Crippen molar-refractivity contribution in [2.24, 2.45) is 4.99 Å². The zero-order valence-corrected chi connectivity index (χ0v) is 13.2. The van der Waals surface area contributed by atoms with Crippen LogP contribution in [-0.4, -0.2) is 11.9 Å². The molecule has 5 heteroatoms. The fourth-order valence-corrected chi connectivity index (χ4v) is 2.46. The van der Waals surface area contributed by atoms with Crippen LogP contribution in [0.3, 0.4) is 0 Å². The van der Waals surface area contributed by atoms with Crippen LogP contribution < -0.4 is 0 Å². The van der Waals surface area contributed by atoms with Crippen molar-refractivity contribution in [1.82, 2.24) is 0 Å². The van der Waals surface area contributed by atoms with Crippen LogP contribution in [0.4, 0.5) is 0 Å². The Hall–Kier alpha value is -2.10. The number of hydrogen-bond acceptors (Lipinski definition) is 3. The number of nitrogens with zero attached hydrogens (tertiary/aromatic N) is 1. The lowest BCUT2D eigenvalue weighted by atomic mass is 10.1. The van der Waals surface area contributed by atoms with Gasteiger partial charge in [0.1, 0.15) is 0 Å². The minimum atomic E-state index is -0.499. The van der Waals surface area contributed by atoms with Crippen molar-refractivity contribution >= 4 is 41.1 Å². The van der Waals surface area contributed by atoms with Crippen LogP contribution in [0.15, 0.2) is 53.2 Å². The second-order valence-electron chi connectivity index (χ2n) is 4.87. The molecule has 0 saturated heterocycles. The lowest BCUT2D eigenvalue weighted by Gasteiger charge is -1.99. The quantitative estimate of drug-likeness (QED) is 0.593. The number of carbonyl (C=O) groups is 1. The summed E-state index contributed by atoms with van der Waals surface area (Å²) in [5.74, 6) is -0.206. The molecule has 3 rings (SSSR count). The van der Waals surface area contributed by atoms with E-state index in [0.717, 1.165) is 11.1 Å². The van der Waals surface area contributed by atoms with Crippen molar-refractivity contribution in [2.75, 3.05) is 0 Å². The number of ether oxygens (including phenoxy) is 1. The lowest BCUT2D eigenvalue weighted by molar-refractivity contribution is -0.129. The first-order chi connectivity index (χ1) is 10.5. The fourth-order valence-electron chi connectivity index (χ4n) is 1.99. The third-order valence-electron chi connectivity index (χ3n) is 3.17. The molecule has 1 aliphatic heterocycles. The number of esters is 1. The largest absolute Gasteiger partial charge is 0.402 e. The monoisotopic (exact) mass is 331 g/mol. The second kappa shape index (κ2) is 5.95. The number of halogens is 2. The molecule has 0 aromatic heterocycles. The molecule has 1 heterocycles. The zero-order chi connectivity index (χ0) is 15.7. The van der Waals surface area contributed by atoms with Gasteiger partial charge in [-0.2, -0.15) is 0 Å². The molecule has 3 nitrogen and oxygen atoms in total. The summed E-state index contributed by atoms with van der Waals surface area (Å²) in [6.45, 7) is 1.99. The van der Waals surface area contributed by atoms with Crippen LogP contribution in [0.1, 0.15) is 16.7 Å². The van der Waals surface area contributed by atoms with Crippen molar-refractivity contribution < 1.29 is 9.53 Å². The maximum absolute atomic E-state index is 11.9. The third kappa shape index (κ3) is 3.06. The van der Waals surface area contributed by atoms with Crippen molar-refractivity contribution in [1.29, 1.82) is 0 Å². The van der Waals surface area contributed by atoms with Gasteiger partial charge in [-0.25, -0.2) is 9.79 Å². The number of cyclic esters (lactones) is 1. The van der Waals surface area contributed by atoms with Gasteiger partial charge in [0.25, 0.3) is 0 Å². The van der Waals surface area contributed by atoms with Gasteiger partial charge in [0.2, 0.25) is 5.90 Å². The number of aryl methyl sites for hydroxylation is 1. The van der Waals surface area contributed by atoms with Gasteiger partial charge in [0.05, 0.1) is 0 Å². The molecule has 110 valence electrons. The predicted molar refractivity (Wildman–Crippen MR) is 88.2 cm³/mol. The van der Waals surface area contributed by atoms with E-state index in [-0.39, 0.29) is 5.70 Å². The van der Waals surface area contributed by atoms with Gasteiger partial charge in [-0.05, 0) is 42.8 Å². The molecule has 2 aromatic rings. The van der Waals surface area contributed by atoms with Gasteiger partial charge < -0.3 is 4.74 Å². The van der Waals surface area contributed by atoms with Gasteiger partial charge in [-0.1, -0.05) is 47.0 Å². The topological polar surface area (TPSA) is 38.7 Å². The molecule has 0 spiro atoms. The molecule has 0 radical (unpaired) electrons. The van der Waals surface area contributed by atoms with E-state index in [0.29, 0.717) is 21.5 Å². The molecule has 0 N–H and O–H groups in total. The van der Waals surface area contributed by atoms with E-state index < -0.39 is 5.97 Å². The number of carbonyl (C=O) groups excluding carboxylic acids is 1. The summed E-state index contributed by atoms with van der Waals surface area (Å²) >= 11 is 12.0. The summed E-state index contributed by atoms with van der Waals surface area (Å²) in [5.41, 5.74) is 2.74. The number of hydrogen-bond donors (Lipinski definition) is 0. The Morgan fingerprint density at radius 2 is 1.82 bits per heavy atom. The number of benzene rings is 2. The lowest BCUT2D eigenvalue weighted by Crippen LogP contribution is -2.05. The van der Waals surface area contributed by atoms with E-state index in [1.807, 2.05) is 31.2 Å². The van der Waals surface area contributed by atoms with E-state index in [1.165, 1.54) is 0 Å². The van der Waals surface area contributed by atoms with Crippen molar-refractivity contribution in [2.45, 2.75) is 6.92 Å². The minimum absolute atomic E-state index is 0.208. The summed E-state index contributed by atoms with van der Waals surface area (Å²) in [7, 11) is 0. The van der Waals surface area contributed by atoms with E-state index >= 15 is 0 Å². The SMILES string of the molecule is Cc1ccc(C2=N/C(=C/c3ccc(Cl)cc3Cl)C(=O)O2)cc1. The minimum Gasteiger partial charge on any atom is -0.402 e. The Bertz CT molecular complexity index is 808. The first kappa shape index (κ1) is 14.8. The molecule has 0 atom stereocenters. The number of rotatable bonds is 2. The van der Waals surface area contributed by atoms with Crippen molar-refractivity contribution in [3.63, 3.8) is 0 Å². The first-order valence-electron chi connectivity index (χ1n) is 6.57. The van der Waals surface area contributed by atoms with E-state index in [2.05, 4.69) is 4.99 Å². The summed E-state index contributed by atoms with van der Waals surface area (Å²) in [4.78, 5) is 16.2. The standard InChI is InChI=1S/C17H11Cl2NO2/c1-10-2-4-11(5-3-10)16-20-15(17(21)22-16)8-12-6-7-13(18)9-14(12)19/h2-9H,1H3/b15-8+. The van der Waals surface area contributed by atoms with Crippen LogP contribution in [0, 0.1) is 6.92 Å². The molecule has 0 unspecified atom stereocenters.